The summed E-state index contributed by atoms with van der Waals surface area (Å²) in [6, 6.07) is 14.2. The van der Waals surface area contributed by atoms with Crippen LogP contribution in [0.1, 0.15) is 38.4 Å². The molecule has 31 heavy (non-hydrogen) atoms. The molecule has 0 aliphatic rings. The quantitative estimate of drug-likeness (QED) is 0.627. The first-order valence-electron chi connectivity index (χ1n) is 10.0. The number of aromatic nitrogens is 1. The summed E-state index contributed by atoms with van der Waals surface area (Å²) in [5, 5.41) is 17.9. The van der Waals surface area contributed by atoms with Gasteiger partial charge in [-0.1, -0.05) is 56.0 Å². The molecule has 1 atom stereocenters. The second-order valence-electron chi connectivity index (χ2n) is 8.86. The Hall–Kier alpha value is -3.43. The molecule has 1 amide bonds. The molecule has 0 spiro atoms. The fourth-order valence-electron chi connectivity index (χ4n) is 3.53. The molecule has 6 heteroatoms. The number of amides is 1. The van der Waals surface area contributed by atoms with Crippen molar-refractivity contribution >= 4 is 22.4 Å². The number of hydrogen-bond donors (Lipinski definition) is 2. The second kappa shape index (κ2) is 8.75. The number of nitrogens with one attached hydrogen (secondary N) is 1. The van der Waals surface area contributed by atoms with E-state index in [1.165, 1.54) is 0 Å². The Morgan fingerprint density at radius 3 is 2.48 bits per heavy atom. The summed E-state index contributed by atoms with van der Waals surface area (Å²) in [4.78, 5) is 25.3. The van der Waals surface area contributed by atoms with Crippen LogP contribution >= 0.6 is 0 Å². The Labute approximate surface area is 181 Å². The van der Waals surface area contributed by atoms with Crippen LogP contribution in [0.15, 0.2) is 57.8 Å². The van der Waals surface area contributed by atoms with Crippen molar-refractivity contribution in [1.82, 2.24) is 5.16 Å². The van der Waals surface area contributed by atoms with Crippen molar-refractivity contribution in [2.45, 2.75) is 34.1 Å². The smallest absolute Gasteiger partial charge is 0.366 e. The van der Waals surface area contributed by atoms with Crippen LogP contribution in [0.4, 0.5) is 5.69 Å². The molecule has 0 radical (unpaired) electrons. The molecule has 3 aromatic rings. The van der Waals surface area contributed by atoms with Gasteiger partial charge < -0.3 is 14.9 Å². The molecule has 0 aliphatic carbocycles. The van der Waals surface area contributed by atoms with Crippen LogP contribution in [0, 0.1) is 29.6 Å². The molecule has 0 saturated heterocycles. The number of aliphatic hydroxyl groups is 1. The van der Waals surface area contributed by atoms with E-state index in [0.717, 1.165) is 5.56 Å². The van der Waals surface area contributed by atoms with Gasteiger partial charge in [0.15, 0.2) is 0 Å². The van der Waals surface area contributed by atoms with Crippen molar-refractivity contribution in [3.05, 3.63) is 70.2 Å². The van der Waals surface area contributed by atoms with Gasteiger partial charge in [0.05, 0.1) is 17.7 Å². The van der Waals surface area contributed by atoms with Crippen molar-refractivity contribution < 1.29 is 14.4 Å². The molecule has 0 saturated carbocycles. The highest BCUT2D eigenvalue weighted by Crippen LogP contribution is 2.35. The van der Waals surface area contributed by atoms with E-state index in [1.807, 2.05) is 51.1 Å². The van der Waals surface area contributed by atoms with Gasteiger partial charge in [-0.3, -0.25) is 4.79 Å². The predicted molar refractivity (Wildman–Crippen MR) is 121 cm³/mol. The van der Waals surface area contributed by atoms with Crippen LogP contribution in [0.3, 0.4) is 0 Å². The SMILES string of the molecule is Cc1noc(=O)c2ccc(NC(=O)C(C#Cc3ccccc3)(CO)CC(C)(C)C)cc12. The Balaban J connectivity index is 2.00. The van der Waals surface area contributed by atoms with Crippen LogP contribution in [0.5, 0.6) is 0 Å². The molecule has 2 N–H and O–H groups in total. The number of carbonyl (C=O) groups is 1. The first-order chi connectivity index (χ1) is 14.6. The molecule has 3 rings (SSSR count). The second-order valence-corrected chi connectivity index (χ2v) is 8.86. The van der Waals surface area contributed by atoms with Gasteiger partial charge in [0.2, 0.25) is 5.91 Å². The van der Waals surface area contributed by atoms with E-state index in [0.29, 0.717) is 28.6 Å². The molecular weight excluding hydrogens is 392 g/mol. The summed E-state index contributed by atoms with van der Waals surface area (Å²) in [6.07, 6.45) is 0.361. The van der Waals surface area contributed by atoms with E-state index in [9.17, 15) is 14.7 Å². The van der Waals surface area contributed by atoms with Crippen molar-refractivity contribution in [1.29, 1.82) is 0 Å². The first kappa shape index (κ1) is 22.3. The van der Waals surface area contributed by atoms with Gasteiger partial charge in [-0.2, -0.15) is 0 Å². The third-order valence-electron chi connectivity index (χ3n) is 4.91. The number of rotatable bonds is 4. The van der Waals surface area contributed by atoms with E-state index >= 15 is 0 Å². The molecular formula is C25H26N2O4. The number of aliphatic hydroxyl groups excluding tert-OH is 1. The Morgan fingerprint density at radius 2 is 1.84 bits per heavy atom. The van der Waals surface area contributed by atoms with Crippen molar-refractivity contribution in [2.24, 2.45) is 10.8 Å². The normalized spacial score (nSPS) is 13.2. The zero-order valence-corrected chi connectivity index (χ0v) is 18.2. The molecule has 1 aromatic heterocycles. The lowest BCUT2D eigenvalue weighted by molar-refractivity contribution is -0.126. The average molecular weight is 418 g/mol. The standard InChI is InChI=1S/C25H26N2O4/c1-17-21-14-19(10-11-20(21)22(29)31-27-17)26-23(30)25(16-28,15-24(2,3)4)13-12-18-8-6-5-7-9-18/h5-11,14,28H,15-16H2,1-4H3,(H,26,30). The summed E-state index contributed by atoms with van der Waals surface area (Å²) in [5.41, 5.74) is -0.301. The summed E-state index contributed by atoms with van der Waals surface area (Å²) < 4.78 is 4.75. The minimum absolute atomic E-state index is 0.256. The number of hydrogen-bond acceptors (Lipinski definition) is 5. The lowest BCUT2D eigenvalue weighted by Gasteiger charge is -2.32. The van der Waals surface area contributed by atoms with Crippen LogP contribution in [0.25, 0.3) is 10.8 Å². The third-order valence-corrected chi connectivity index (χ3v) is 4.91. The van der Waals surface area contributed by atoms with E-state index in [-0.39, 0.29) is 5.41 Å². The fraction of sp³-hybridized carbons (Fsp3) is 0.320. The molecule has 1 heterocycles. The number of aryl methyl sites for hydroxylation is 1. The van der Waals surface area contributed by atoms with Gasteiger partial charge in [-0.05, 0) is 49.1 Å². The number of benzene rings is 2. The minimum Gasteiger partial charge on any atom is -0.394 e. The van der Waals surface area contributed by atoms with Gasteiger partial charge in [-0.25, -0.2) is 4.79 Å². The number of anilines is 1. The zero-order chi connectivity index (χ0) is 22.6. The maximum absolute atomic E-state index is 13.4. The largest absolute Gasteiger partial charge is 0.394 e. The highest BCUT2D eigenvalue weighted by molar-refractivity contribution is 5.99. The van der Waals surface area contributed by atoms with E-state index < -0.39 is 23.6 Å². The highest BCUT2D eigenvalue weighted by atomic mass is 16.5. The van der Waals surface area contributed by atoms with E-state index in [4.69, 9.17) is 4.52 Å². The molecule has 0 bridgehead atoms. The highest BCUT2D eigenvalue weighted by Gasteiger charge is 2.40. The summed E-state index contributed by atoms with van der Waals surface area (Å²) in [5.74, 6) is 5.68. The number of carbonyl (C=O) groups excluding carboxylic acids is 1. The summed E-state index contributed by atoms with van der Waals surface area (Å²) in [7, 11) is 0. The average Bonchev–Trinajstić information content (AvgIpc) is 2.74. The molecule has 160 valence electrons. The molecule has 2 aromatic carbocycles. The van der Waals surface area contributed by atoms with Crippen molar-refractivity contribution in [2.75, 3.05) is 11.9 Å². The van der Waals surface area contributed by atoms with E-state index in [2.05, 4.69) is 22.3 Å². The van der Waals surface area contributed by atoms with Gasteiger partial charge in [0, 0.05) is 16.6 Å². The van der Waals surface area contributed by atoms with Crippen molar-refractivity contribution in [3.63, 3.8) is 0 Å². The fourth-order valence-corrected chi connectivity index (χ4v) is 3.53. The van der Waals surface area contributed by atoms with Crippen LogP contribution in [0.2, 0.25) is 0 Å². The maximum atomic E-state index is 13.4. The summed E-state index contributed by atoms with van der Waals surface area (Å²) in [6.45, 7) is 7.30. The molecule has 0 aliphatic heterocycles. The van der Waals surface area contributed by atoms with Gasteiger partial charge in [0.1, 0.15) is 5.41 Å². The lowest BCUT2D eigenvalue weighted by Crippen LogP contribution is -2.41. The Bertz CT molecular complexity index is 1210. The maximum Gasteiger partial charge on any atom is 0.366 e. The number of nitrogens with zero attached hydrogens (tertiary/aromatic N) is 1. The number of fused-ring (bicyclic) bond motifs is 1. The Morgan fingerprint density at radius 1 is 1.13 bits per heavy atom. The first-order valence-corrected chi connectivity index (χ1v) is 10.0. The van der Waals surface area contributed by atoms with Gasteiger partial charge in [-0.15, -0.1) is 0 Å². The Kier molecular flexibility index (Phi) is 6.28. The monoisotopic (exact) mass is 418 g/mol. The minimum atomic E-state index is -1.30. The zero-order valence-electron chi connectivity index (χ0n) is 18.2. The molecule has 0 fully saturated rings. The van der Waals surface area contributed by atoms with Gasteiger partial charge >= 0.3 is 5.63 Å². The molecule has 6 nitrogen and oxygen atoms in total. The van der Waals surface area contributed by atoms with Crippen LogP contribution in [-0.4, -0.2) is 22.8 Å². The van der Waals surface area contributed by atoms with Crippen LogP contribution in [-0.2, 0) is 4.79 Å². The van der Waals surface area contributed by atoms with Crippen LogP contribution < -0.4 is 10.9 Å². The summed E-state index contributed by atoms with van der Waals surface area (Å²) >= 11 is 0. The van der Waals surface area contributed by atoms with Crippen molar-refractivity contribution in [3.8, 4) is 11.8 Å². The topological polar surface area (TPSA) is 92.4 Å². The lowest BCUT2D eigenvalue weighted by atomic mass is 9.73. The molecule has 1 unspecified atom stereocenters. The van der Waals surface area contributed by atoms with Gasteiger partial charge in [0.25, 0.3) is 0 Å². The third kappa shape index (κ3) is 5.19. The van der Waals surface area contributed by atoms with E-state index in [1.54, 1.807) is 25.1 Å². The predicted octanol–water partition coefficient (Wildman–Crippen LogP) is 3.90.